The van der Waals surface area contributed by atoms with E-state index in [1.807, 2.05) is 6.92 Å². The van der Waals surface area contributed by atoms with Crippen molar-refractivity contribution in [1.29, 1.82) is 0 Å². The summed E-state index contributed by atoms with van der Waals surface area (Å²) in [5.41, 5.74) is 5.03. The van der Waals surface area contributed by atoms with Crippen LogP contribution in [0.2, 0.25) is 0 Å². The minimum atomic E-state index is -0.599. The van der Waals surface area contributed by atoms with Crippen LogP contribution in [-0.4, -0.2) is 30.4 Å². The molecule has 2 amide bonds. The number of carbonyl (C=O) groups excluding carboxylic acids is 2. The van der Waals surface area contributed by atoms with E-state index < -0.39 is 11.8 Å². The van der Waals surface area contributed by atoms with E-state index in [2.05, 4.69) is 10.6 Å². The average molecular weight is 185 g/mol. The normalized spacial score (nSPS) is 17.7. The molecule has 0 saturated heterocycles. The van der Waals surface area contributed by atoms with Gasteiger partial charge in [0.05, 0.1) is 0 Å². The largest absolute Gasteiger partial charge is 0.347 e. The first kappa shape index (κ1) is 9.98. The zero-order valence-corrected chi connectivity index (χ0v) is 7.72. The molecule has 1 aliphatic rings. The summed E-state index contributed by atoms with van der Waals surface area (Å²) in [6.07, 6.45) is 1.89. The maximum atomic E-state index is 11.1. The molecule has 1 rings (SSSR count). The highest BCUT2D eigenvalue weighted by Crippen LogP contribution is 2.33. The Hall–Kier alpha value is -1.10. The van der Waals surface area contributed by atoms with Gasteiger partial charge >= 0.3 is 11.8 Å². The molecule has 0 unspecified atom stereocenters. The lowest BCUT2D eigenvalue weighted by Gasteiger charge is -2.10. The van der Waals surface area contributed by atoms with Crippen LogP contribution in [-0.2, 0) is 9.59 Å². The number of nitrogens with one attached hydrogen (secondary N) is 2. The van der Waals surface area contributed by atoms with Gasteiger partial charge in [-0.3, -0.25) is 9.59 Å². The molecule has 13 heavy (non-hydrogen) atoms. The molecule has 1 fully saturated rings. The molecule has 1 saturated carbocycles. The fourth-order valence-corrected chi connectivity index (χ4v) is 0.909. The molecule has 0 aliphatic heterocycles. The van der Waals surface area contributed by atoms with E-state index in [1.54, 1.807) is 0 Å². The van der Waals surface area contributed by atoms with Crippen LogP contribution in [0, 0.1) is 0 Å². The van der Waals surface area contributed by atoms with Gasteiger partial charge in [-0.05, 0) is 19.8 Å². The molecular formula is C8H15N3O2. The Bertz CT molecular complexity index is 223. The van der Waals surface area contributed by atoms with E-state index in [0.717, 1.165) is 12.8 Å². The topological polar surface area (TPSA) is 84.2 Å². The molecule has 5 heteroatoms. The second-order valence-corrected chi connectivity index (χ2v) is 3.56. The molecule has 1 aliphatic carbocycles. The van der Waals surface area contributed by atoms with Gasteiger partial charge in [0, 0.05) is 18.6 Å². The lowest BCUT2D eigenvalue weighted by atomic mass is 10.3. The monoisotopic (exact) mass is 185 g/mol. The van der Waals surface area contributed by atoms with E-state index in [9.17, 15) is 9.59 Å². The summed E-state index contributed by atoms with van der Waals surface area (Å²) in [6, 6.07) is 0. The molecule has 0 bridgehead atoms. The van der Waals surface area contributed by atoms with Crippen molar-refractivity contribution in [2.75, 3.05) is 13.1 Å². The summed E-state index contributed by atoms with van der Waals surface area (Å²) in [5.74, 6) is -1.16. The van der Waals surface area contributed by atoms with Crippen LogP contribution in [0.1, 0.15) is 19.8 Å². The predicted molar refractivity (Wildman–Crippen MR) is 47.8 cm³/mol. The van der Waals surface area contributed by atoms with Gasteiger partial charge in [0.15, 0.2) is 0 Å². The molecule has 0 spiro atoms. The Balaban J connectivity index is 2.26. The highest BCUT2D eigenvalue weighted by molar-refractivity contribution is 6.35. The third kappa shape index (κ3) is 3.02. The SMILES string of the molecule is CC1(NC(=O)C(=O)NCCN)CC1. The standard InChI is InChI=1S/C8H15N3O2/c1-8(2-3-8)11-7(13)6(12)10-5-4-9/h2-5,9H2,1H3,(H,10,12)(H,11,13). The van der Waals surface area contributed by atoms with Crippen LogP contribution in [0.5, 0.6) is 0 Å². The smallest absolute Gasteiger partial charge is 0.309 e. The zero-order valence-electron chi connectivity index (χ0n) is 7.72. The van der Waals surface area contributed by atoms with E-state index in [-0.39, 0.29) is 5.54 Å². The second kappa shape index (κ2) is 3.74. The quantitative estimate of drug-likeness (QED) is 0.479. The molecule has 5 nitrogen and oxygen atoms in total. The van der Waals surface area contributed by atoms with Crippen LogP contribution < -0.4 is 16.4 Å². The summed E-state index contributed by atoms with van der Waals surface area (Å²) in [6.45, 7) is 2.60. The Labute approximate surface area is 77.1 Å². The molecule has 0 atom stereocenters. The molecule has 74 valence electrons. The molecule has 0 radical (unpaired) electrons. The first-order valence-corrected chi connectivity index (χ1v) is 4.38. The summed E-state index contributed by atoms with van der Waals surface area (Å²) in [5, 5.41) is 5.05. The van der Waals surface area contributed by atoms with Gasteiger partial charge in [0.25, 0.3) is 0 Å². The fourth-order valence-electron chi connectivity index (χ4n) is 0.909. The van der Waals surface area contributed by atoms with Gasteiger partial charge in [0.1, 0.15) is 0 Å². The maximum absolute atomic E-state index is 11.1. The Kier molecular flexibility index (Phi) is 2.87. The van der Waals surface area contributed by atoms with Crippen molar-refractivity contribution >= 4 is 11.8 Å². The van der Waals surface area contributed by atoms with Gasteiger partial charge in [-0.15, -0.1) is 0 Å². The van der Waals surface area contributed by atoms with Crippen molar-refractivity contribution in [3.8, 4) is 0 Å². The summed E-state index contributed by atoms with van der Waals surface area (Å²) < 4.78 is 0. The first-order chi connectivity index (χ1) is 6.07. The van der Waals surface area contributed by atoms with E-state index in [4.69, 9.17) is 5.73 Å². The van der Waals surface area contributed by atoms with Crippen molar-refractivity contribution in [3.05, 3.63) is 0 Å². The molecule has 0 aromatic carbocycles. The first-order valence-electron chi connectivity index (χ1n) is 4.38. The van der Waals surface area contributed by atoms with Gasteiger partial charge < -0.3 is 16.4 Å². The number of hydrogen-bond acceptors (Lipinski definition) is 3. The highest BCUT2D eigenvalue weighted by Gasteiger charge is 2.39. The van der Waals surface area contributed by atoms with E-state index >= 15 is 0 Å². The Morgan fingerprint density at radius 3 is 2.46 bits per heavy atom. The van der Waals surface area contributed by atoms with Gasteiger partial charge in [-0.2, -0.15) is 0 Å². The minimum absolute atomic E-state index is 0.142. The summed E-state index contributed by atoms with van der Waals surface area (Å²) in [4.78, 5) is 22.2. The van der Waals surface area contributed by atoms with Crippen molar-refractivity contribution in [1.82, 2.24) is 10.6 Å². The van der Waals surface area contributed by atoms with Crippen molar-refractivity contribution in [3.63, 3.8) is 0 Å². The molecule has 4 N–H and O–H groups in total. The van der Waals surface area contributed by atoms with Gasteiger partial charge in [-0.1, -0.05) is 0 Å². The lowest BCUT2D eigenvalue weighted by Crippen LogP contribution is -2.45. The maximum Gasteiger partial charge on any atom is 0.309 e. The van der Waals surface area contributed by atoms with E-state index in [1.165, 1.54) is 0 Å². The zero-order chi connectivity index (χ0) is 9.90. The van der Waals surface area contributed by atoms with Crippen LogP contribution in [0.25, 0.3) is 0 Å². The van der Waals surface area contributed by atoms with Crippen LogP contribution in [0.15, 0.2) is 0 Å². The van der Waals surface area contributed by atoms with Crippen molar-refractivity contribution in [2.45, 2.75) is 25.3 Å². The Morgan fingerprint density at radius 1 is 1.38 bits per heavy atom. The second-order valence-electron chi connectivity index (χ2n) is 3.56. The minimum Gasteiger partial charge on any atom is -0.347 e. The van der Waals surface area contributed by atoms with Gasteiger partial charge in [0.2, 0.25) is 0 Å². The number of amides is 2. The van der Waals surface area contributed by atoms with E-state index in [0.29, 0.717) is 13.1 Å². The van der Waals surface area contributed by atoms with Crippen molar-refractivity contribution in [2.24, 2.45) is 5.73 Å². The van der Waals surface area contributed by atoms with Crippen LogP contribution in [0.3, 0.4) is 0 Å². The van der Waals surface area contributed by atoms with Crippen molar-refractivity contribution < 1.29 is 9.59 Å². The number of nitrogens with two attached hydrogens (primary N) is 1. The number of carbonyl (C=O) groups is 2. The summed E-state index contributed by atoms with van der Waals surface area (Å²) in [7, 11) is 0. The number of rotatable bonds is 3. The lowest BCUT2D eigenvalue weighted by molar-refractivity contribution is -0.139. The van der Waals surface area contributed by atoms with Crippen LogP contribution in [0.4, 0.5) is 0 Å². The fraction of sp³-hybridized carbons (Fsp3) is 0.750. The molecule has 0 aromatic rings. The number of hydrogen-bond donors (Lipinski definition) is 3. The highest BCUT2D eigenvalue weighted by atomic mass is 16.2. The van der Waals surface area contributed by atoms with Gasteiger partial charge in [-0.25, -0.2) is 0 Å². The average Bonchev–Trinajstić information content (AvgIpc) is 2.79. The Morgan fingerprint density at radius 2 is 2.00 bits per heavy atom. The molecular weight excluding hydrogens is 170 g/mol. The molecule has 0 heterocycles. The third-order valence-corrected chi connectivity index (χ3v) is 2.05. The predicted octanol–water partition coefficient (Wildman–Crippen LogP) is -1.27. The third-order valence-electron chi connectivity index (χ3n) is 2.05. The molecule has 0 aromatic heterocycles. The summed E-state index contributed by atoms with van der Waals surface area (Å²) >= 11 is 0. The van der Waals surface area contributed by atoms with Crippen LogP contribution >= 0.6 is 0 Å².